The summed E-state index contributed by atoms with van der Waals surface area (Å²) in [6.07, 6.45) is 0. The van der Waals surface area contributed by atoms with Crippen molar-refractivity contribution in [3.8, 4) is 43.8 Å². The monoisotopic (exact) mass is 898 g/mol. The van der Waals surface area contributed by atoms with Crippen molar-refractivity contribution in [1.82, 2.24) is 0 Å². The van der Waals surface area contributed by atoms with Gasteiger partial charge in [-0.1, -0.05) is 184 Å². The Morgan fingerprint density at radius 1 is 0.333 bits per heavy atom. The molecule has 69 heavy (non-hydrogen) atoms. The van der Waals surface area contributed by atoms with Gasteiger partial charge in [0.1, 0.15) is 0 Å². The quantitative estimate of drug-likeness (QED) is 0.157. The second-order valence-corrected chi connectivity index (χ2v) is 20.2. The van der Waals surface area contributed by atoms with E-state index in [1.165, 1.54) is 87.3 Å². The zero-order valence-corrected chi connectivity index (χ0v) is 39.2. The number of rotatable bonds is 7. The molecule has 11 aromatic rings. The molecule has 10 aromatic carbocycles. The van der Waals surface area contributed by atoms with Crippen LogP contribution in [0.1, 0.15) is 47.2 Å². The van der Waals surface area contributed by atoms with Crippen LogP contribution in [0.2, 0.25) is 0 Å². The van der Waals surface area contributed by atoms with E-state index in [4.69, 9.17) is 0 Å². The van der Waals surface area contributed by atoms with E-state index in [0.717, 1.165) is 34.1 Å². The highest BCUT2D eigenvalue weighted by Gasteiger charge is 2.54. The second kappa shape index (κ2) is 15.1. The fraction of sp³-hybridized carbons (Fsp3) is 0.0606. The van der Waals surface area contributed by atoms with Crippen molar-refractivity contribution in [2.75, 3.05) is 9.80 Å². The molecule has 3 aliphatic carbocycles. The van der Waals surface area contributed by atoms with Gasteiger partial charge in [0.05, 0.1) is 11.1 Å². The third-order valence-corrected chi connectivity index (χ3v) is 16.5. The standard InChI is InChI=1S/C66H46N2S/c1-65(2)56-30-16-12-27-50(56)52-37-35-47(40-58(52)65)68(61-32-18-14-26-49(61)43-20-6-3-7-21-43)48-36-39-54-60(42-48)66(63-55-29-15-19-33-62(55)69-64(54)63)57-31-17-13-28-51(57)53-38-34-46(41-59(53)66)67(44-22-8-4-9-23-44)45-24-10-5-11-25-45/h3-42H,1-2H3. The summed E-state index contributed by atoms with van der Waals surface area (Å²) >= 11 is 1.93. The molecule has 1 atom stereocenters. The smallest absolute Gasteiger partial charge is 0.0741 e. The first-order chi connectivity index (χ1) is 34.0. The van der Waals surface area contributed by atoms with Crippen molar-refractivity contribution in [3.63, 3.8) is 0 Å². The largest absolute Gasteiger partial charge is 0.310 e. The van der Waals surface area contributed by atoms with Gasteiger partial charge < -0.3 is 9.80 Å². The van der Waals surface area contributed by atoms with Gasteiger partial charge in [-0.25, -0.2) is 0 Å². The zero-order valence-electron chi connectivity index (χ0n) is 38.4. The Kier molecular flexibility index (Phi) is 8.75. The lowest BCUT2D eigenvalue weighted by atomic mass is 9.70. The molecule has 1 heterocycles. The Morgan fingerprint density at radius 3 is 1.48 bits per heavy atom. The summed E-state index contributed by atoms with van der Waals surface area (Å²) in [4.78, 5) is 6.29. The first kappa shape index (κ1) is 39.9. The number of fused-ring (bicyclic) bond motifs is 15. The summed E-state index contributed by atoms with van der Waals surface area (Å²) in [5.74, 6) is 0. The molecule has 3 heteroatoms. The van der Waals surface area contributed by atoms with Crippen LogP contribution >= 0.6 is 11.3 Å². The molecule has 2 nitrogen and oxygen atoms in total. The Bertz CT molecular complexity index is 3790. The van der Waals surface area contributed by atoms with Crippen molar-refractivity contribution < 1.29 is 0 Å². The average molecular weight is 899 g/mol. The molecule has 1 unspecified atom stereocenters. The van der Waals surface area contributed by atoms with E-state index in [1.54, 1.807) is 0 Å². The SMILES string of the molecule is CC1(C)c2ccccc2-c2ccc(N(c3ccc4c(c3)C3(c5ccccc5-c5ccc(N(c6ccccc6)c6ccccc6)cc53)c3c-4sc4ccccc34)c3ccccc3-c3ccccc3)cc21. The summed E-state index contributed by atoms with van der Waals surface area (Å²) in [5, 5.41) is 1.32. The molecule has 3 aliphatic rings. The molecule has 0 amide bonds. The normalized spacial score (nSPS) is 15.3. The van der Waals surface area contributed by atoms with Crippen LogP contribution in [0.4, 0.5) is 34.1 Å². The maximum absolute atomic E-state index is 2.55. The van der Waals surface area contributed by atoms with Gasteiger partial charge in [0.2, 0.25) is 0 Å². The molecule has 0 saturated heterocycles. The van der Waals surface area contributed by atoms with Crippen LogP contribution in [-0.2, 0) is 10.8 Å². The van der Waals surface area contributed by atoms with Crippen molar-refractivity contribution in [2.24, 2.45) is 0 Å². The van der Waals surface area contributed by atoms with Gasteiger partial charge >= 0.3 is 0 Å². The third-order valence-electron chi connectivity index (χ3n) is 15.3. The van der Waals surface area contributed by atoms with Crippen LogP contribution in [0.5, 0.6) is 0 Å². The van der Waals surface area contributed by atoms with E-state index < -0.39 is 5.41 Å². The minimum atomic E-state index is -0.604. The maximum atomic E-state index is 2.55. The van der Waals surface area contributed by atoms with Crippen LogP contribution in [-0.4, -0.2) is 0 Å². The van der Waals surface area contributed by atoms with Crippen molar-refractivity contribution in [1.29, 1.82) is 0 Å². The molecule has 0 aliphatic heterocycles. The fourth-order valence-corrected chi connectivity index (χ4v) is 13.6. The van der Waals surface area contributed by atoms with Crippen LogP contribution in [0.15, 0.2) is 243 Å². The van der Waals surface area contributed by atoms with E-state index in [-0.39, 0.29) is 5.41 Å². The number of thiophene rings is 1. The molecule has 326 valence electrons. The first-order valence-corrected chi connectivity index (χ1v) is 24.8. The number of nitrogens with zero attached hydrogens (tertiary/aromatic N) is 2. The predicted molar refractivity (Wildman–Crippen MR) is 290 cm³/mol. The Hall–Kier alpha value is -8.24. The molecule has 0 saturated carbocycles. The lowest BCUT2D eigenvalue weighted by Gasteiger charge is -2.34. The van der Waals surface area contributed by atoms with E-state index >= 15 is 0 Å². The Labute approximate surface area is 407 Å². The van der Waals surface area contributed by atoms with E-state index in [1.807, 2.05) is 11.3 Å². The van der Waals surface area contributed by atoms with E-state index in [2.05, 4.69) is 266 Å². The molecule has 0 fully saturated rings. The second-order valence-electron chi connectivity index (χ2n) is 19.2. The van der Waals surface area contributed by atoms with Gasteiger partial charge in [-0.05, 0) is 145 Å². The van der Waals surface area contributed by atoms with Gasteiger partial charge in [-0.3, -0.25) is 0 Å². The third kappa shape index (κ3) is 5.72. The van der Waals surface area contributed by atoms with Crippen LogP contribution in [0.25, 0.3) is 53.9 Å². The number of hydrogen-bond donors (Lipinski definition) is 0. The minimum absolute atomic E-state index is 0.160. The molecule has 14 rings (SSSR count). The van der Waals surface area contributed by atoms with Crippen LogP contribution in [0.3, 0.4) is 0 Å². The van der Waals surface area contributed by atoms with Crippen molar-refractivity contribution >= 4 is 55.5 Å². The lowest BCUT2D eigenvalue weighted by Crippen LogP contribution is -2.26. The van der Waals surface area contributed by atoms with E-state index in [0.29, 0.717) is 0 Å². The molecule has 0 radical (unpaired) electrons. The van der Waals surface area contributed by atoms with Crippen molar-refractivity contribution in [3.05, 3.63) is 276 Å². The zero-order chi connectivity index (χ0) is 45.8. The number of hydrogen-bond acceptors (Lipinski definition) is 3. The molecule has 1 spiro atoms. The highest BCUT2D eigenvalue weighted by molar-refractivity contribution is 7.22. The number of benzene rings is 10. The highest BCUT2D eigenvalue weighted by atomic mass is 32.1. The fourth-order valence-electron chi connectivity index (χ4n) is 12.3. The van der Waals surface area contributed by atoms with Gasteiger partial charge in [-0.15, -0.1) is 11.3 Å². The summed E-state index contributed by atoms with van der Waals surface area (Å²) in [7, 11) is 0. The van der Waals surface area contributed by atoms with E-state index in [9.17, 15) is 0 Å². The van der Waals surface area contributed by atoms with Gasteiger partial charge in [0.25, 0.3) is 0 Å². The number of anilines is 6. The lowest BCUT2D eigenvalue weighted by molar-refractivity contribution is 0.660. The first-order valence-electron chi connectivity index (χ1n) is 24.0. The van der Waals surface area contributed by atoms with Gasteiger partial charge in [0.15, 0.2) is 0 Å². The average Bonchev–Trinajstić information content (AvgIpc) is 4.09. The molecule has 0 N–H and O–H groups in total. The van der Waals surface area contributed by atoms with Crippen LogP contribution < -0.4 is 9.80 Å². The maximum Gasteiger partial charge on any atom is 0.0741 e. The van der Waals surface area contributed by atoms with Crippen molar-refractivity contribution in [2.45, 2.75) is 24.7 Å². The highest BCUT2D eigenvalue weighted by Crippen LogP contribution is 2.67. The molecular formula is C66H46N2S. The summed E-state index contributed by atoms with van der Waals surface area (Å²) < 4.78 is 1.31. The summed E-state index contributed by atoms with van der Waals surface area (Å²) in [6.45, 7) is 4.76. The summed E-state index contributed by atoms with van der Waals surface area (Å²) in [6, 6.07) is 90.4. The molecular weight excluding hydrogens is 853 g/mol. The Morgan fingerprint density at radius 2 is 0.797 bits per heavy atom. The molecule has 0 bridgehead atoms. The molecule has 1 aromatic heterocycles. The minimum Gasteiger partial charge on any atom is -0.310 e. The van der Waals surface area contributed by atoms with Gasteiger partial charge in [-0.2, -0.15) is 0 Å². The van der Waals surface area contributed by atoms with Crippen LogP contribution in [0, 0.1) is 0 Å². The predicted octanol–water partition coefficient (Wildman–Crippen LogP) is 18.2. The Balaban J connectivity index is 1.05. The number of para-hydroxylation sites is 3. The summed E-state index contributed by atoms with van der Waals surface area (Å²) in [5.41, 5.74) is 23.0. The topological polar surface area (TPSA) is 6.48 Å². The van der Waals surface area contributed by atoms with Gasteiger partial charge in [0, 0.05) is 49.0 Å².